The van der Waals surface area contributed by atoms with Crippen LogP contribution in [0.15, 0.2) is 0 Å². The lowest BCUT2D eigenvalue weighted by Gasteiger charge is -2.15. The molecular formula is C13H27F3. The highest BCUT2D eigenvalue weighted by Gasteiger charge is 2.24. The van der Waals surface area contributed by atoms with Crippen LogP contribution in [-0.2, 0) is 0 Å². The average molecular weight is 240 g/mol. The van der Waals surface area contributed by atoms with Gasteiger partial charge in [-0.3, -0.25) is 0 Å². The largest absolute Gasteiger partial charge is 0.389 e. The van der Waals surface area contributed by atoms with Crippen molar-refractivity contribution in [2.75, 3.05) is 0 Å². The maximum atomic E-state index is 11.1. The summed E-state index contributed by atoms with van der Waals surface area (Å²) < 4.78 is 33.2. The van der Waals surface area contributed by atoms with Crippen molar-refractivity contribution in [2.45, 2.75) is 78.8 Å². The predicted octanol–water partition coefficient (Wildman–Crippen LogP) is 5.96. The molecule has 1 rings (SSSR count). The van der Waals surface area contributed by atoms with E-state index in [-0.39, 0.29) is 6.42 Å². The van der Waals surface area contributed by atoms with Crippen molar-refractivity contribution in [2.24, 2.45) is 5.92 Å². The quantitative estimate of drug-likeness (QED) is 0.530. The topological polar surface area (TPSA) is 0 Å². The minimum atomic E-state index is -3.95. The molecule has 0 aromatic carbocycles. The molecule has 3 heteroatoms. The van der Waals surface area contributed by atoms with Gasteiger partial charge in [0, 0.05) is 6.42 Å². The number of hydrogen-bond donors (Lipinski definition) is 0. The molecule has 16 heavy (non-hydrogen) atoms. The zero-order valence-corrected chi connectivity index (χ0v) is 11.2. The molecule has 1 fully saturated rings. The van der Waals surface area contributed by atoms with Crippen molar-refractivity contribution in [1.82, 2.24) is 0 Å². The molecule has 0 nitrogen and oxygen atoms in total. The summed E-state index contributed by atoms with van der Waals surface area (Å²) in [6.07, 6.45) is 3.01. The Morgan fingerprint density at radius 3 is 1.56 bits per heavy atom. The van der Waals surface area contributed by atoms with E-state index in [0.29, 0.717) is 0 Å². The second-order valence-electron chi connectivity index (χ2n) is 4.11. The molecule has 0 aromatic heterocycles. The van der Waals surface area contributed by atoms with Crippen LogP contribution < -0.4 is 0 Å². The van der Waals surface area contributed by atoms with Gasteiger partial charge >= 0.3 is 6.18 Å². The number of halogens is 3. The lowest BCUT2D eigenvalue weighted by Crippen LogP contribution is -2.04. The molecule has 1 aliphatic carbocycles. The summed E-state index contributed by atoms with van der Waals surface area (Å²) in [5, 5.41) is 0. The Labute approximate surface area is 98.6 Å². The van der Waals surface area contributed by atoms with E-state index < -0.39 is 12.6 Å². The second kappa shape index (κ2) is 11.3. The molecule has 100 valence electrons. The van der Waals surface area contributed by atoms with Crippen LogP contribution in [0.5, 0.6) is 0 Å². The standard InChI is InChI=1S/C7H14.C4H7F3.C2H6/c1-7-5-3-2-4-6-7;1-2-3-4(5,6)7;1-2/h7H,2-6H2,1H3;2-3H2,1H3;1-2H3. The summed E-state index contributed by atoms with van der Waals surface area (Å²) >= 11 is 0. The molecule has 1 saturated carbocycles. The van der Waals surface area contributed by atoms with Gasteiger partial charge in [-0.15, -0.1) is 0 Å². The minimum Gasteiger partial charge on any atom is -0.171 e. The van der Waals surface area contributed by atoms with Crippen molar-refractivity contribution in [3.05, 3.63) is 0 Å². The number of rotatable bonds is 1. The van der Waals surface area contributed by atoms with E-state index in [0.717, 1.165) is 5.92 Å². The molecule has 0 saturated heterocycles. The SMILES string of the molecule is CC.CC1CCCCC1.CCCC(F)(F)F. The Bertz CT molecular complexity index is 124. The highest BCUT2D eigenvalue weighted by atomic mass is 19.4. The van der Waals surface area contributed by atoms with Crippen molar-refractivity contribution in [1.29, 1.82) is 0 Å². The van der Waals surface area contributed by atoms with Gasteiger partial charge in [0.1, 0.15) is 0 Å². The van der Waals surface area contributed by atoms with Gasteiger partial charge in [0.05, 0.1) is 0 Å². The van der Waals surface area contributed by atoms with E-state index in [1.807, 2.05) is 13.8 Å². The van der Waals surface area contributed by atoms with Crippen LogP contribution in [0.4, 0.5) is 13.2 Å². The second-order valence-corrected chi connectivity index (χ2v) is 4.11. The van der Waals surface area contributed by atoms with Gasteiger partial charge in [-0.1, -0.05) is 59.8 Å². The maximum absolute atomic E-state index is 11.1. The van der Waals surface area contributed by atoms with Gasteiger partial charge in [-0.2, -0.15) is 13.2 Å². The zero-order valence-electron chi connectivity index (χ0n) is 11.2. The van der Waals surface area contributed by atoms with Crippen LogP contribution in [0.25, 0.3) is 0 Å². The molecule has 0 N–H and O–H groups in total. The van der Waals surface area contributed by atoms with E-state index in [1.165, 1.54) is 39.0 Å². The first-order valence-corrected chi connectivity index (χ1v) is 6.52. The Kier molecular flexibility index (Phi) is 12.8. The fourth-order valence-electron chi connectivity index (χ4n) is 1.59. The van der Waals surface area contributed by atoms with E-state index in [2.05, 4.69) is 6.92 Å². The molecular weight excluding hydrogens is 213 g/mol. The fraction of sp³-hybridized carbons (Fsp3) is 1.00. The monoisotopic (exact) mass is 240 g/mol. The Morgan fingerprint density at radius 1 is 1.00 bits per heavy atom. The molecule has 1 aliphatic rings. The molecule has 0 spiro atoms. The van der Waals surface area contributed by atoms with Crippen LogP contribution in [0, 0.1) is 5.92 Å². The van der Waals surface area contributed by atoms with Crippen LogP contribution in [0.1, 0.15) is 72.6 Å². The molecule has 0 unspecified atom stereocenters. The van der Waals surface area contributed by atoms with Crippen molar-refractivity contribution >= 4 is 0 Å². The summed E-state index contributed by atoms with van der Waals surface area (Å²) in [6.45, 7) is 7.87. The predicted molar refractivity (Wildman–Crippen MR) is 64.6 cm³/mol. The van der Waals surface area contributed by atoms with Gasteiger partial charge in [-0.25, -0.2) is 0 Å². The van der Waals surface area contributed by atoms with Crippen molar-refractivity contribution < 1.29 is 13.2 Å². The summed E-state index contributed by atoms with van der Waals surface area (Å²) in [7, 11) is 0. The van der Waals surface area contributed by atoms with Gasteiger partial charge in [0.15, 0.2) is 0 Å². The van der Waals surface area contributed by atoms with Crippen LogP contribution >= 0.6 is 0 Å². The third-order valence-electron chi connectivity index (χ3n) is 2.43. The van der Waals surface area contributed by atoms with Gasteiger partial charge in [0.25, 0.3) is 0 Å². The smallest absolute Gasteiger partial charge is 0.171 e. The lowest BCUT2D eigenvalue weighted by atomic mass is 9.91. The lowest BCUT2D eigenvalue weighted by molar-refractivity contribution is -0.134. The van der Waals surface area contributed by atoms with E-state index in [1.54, 1.807) is 0 Å². The molecule has 0 heterocycles. The van der Waals surface area contributed by atoms with Gasteiger partial charge in [0.2, 0.25) is 0 Å². The molecule has 0 bridgehead atoms. The normalized spacial score (nSPS) is 16.7. The van der Waals surface area contributed by atoms with E-state index in [9.17, 15) is 13.2 Å². The van der Waals surface area contributed by atoms with Crippen molar-refractivity contribution in [3.63, 3.8) is 0 Å². The molecule has 0 aromatic rings. The average Bonchev–Trinajstić information content (AvgIpc) is 2.21. The summed E-state index contributed by atoms with van der Waals surface area (Å²) in [5.41, 5.74) is 0. The summed E-state index contributed by atoms with van der Waals surface area (Å²) in [4.78, 5) is 0. The Balaban J connectivity index is 0. The minimum absolute atomic E-state index is 0.184. The highest BCUT2D eigenvalue weighted by molar-refractivity contribution is 4.59. The molecule has 0 radical (unpaired) electrons. The first-order valence-electron chi connectivity index (χ1n) is 6.52. The van der Waals surface area contributed by atoms with Crippen molar-refractivity contribution in [3.8, 4) is 0 Å². The van der Waals surface area contributed by atoms with Gasteiger partial charge < -0.3 is 0 Å². The molecule has 0 atom stereocenters. The third-order valence-corrected chi connectivity index (χ3v) is 2.43. The third kappa shape index (κ3) is 16.2. The fourth-order valence-corrected chi connectivity index (χ4v) is 1.59. The van der Waals surface area contributed by atoms with E-state index in [4.69, 9.17) is 0 Å². The summed E-state index contributed by atoms with van der Waals surface area (Å²) in [5.74, 6) is 1.04. The van der Waals surface area contributed by atoms with Crippen LogP contribution in [0.2, 0.25) is 0 Å². The number of alkyl halides is 3. The number of hydrogen-bond acceptors (Lipinski definition) is 0. The molecule has 0 amide bonds. The molecule has 0 aliphatic heterocycles. The van der Waals surface area contributed by atoms with Gasteiger partial charge in [-0.05, 0) is 12.3 Å². The highest BCUT2D eigenvalue weighted by Crippen LogP contribution is 2.22. The Morgan fingerprint density at radius 2 is 1.44 bits per heavy atom. The van der Waals surface area contributed by atoms with Crippen LogP contribution in [-0.4, -0.2) is 6.18 Å². The van der Waals surface area contributed by atoms with E-state index >= 15 is 0 Å². The van der Waals surface area contributed by atoms with Crippen LogP contribution in [0.3, 0.4) is 0 Å². The first-order chi connectivity index (χ1) is 7.45. The summed E-state index contributed by atoms with van der Waals surface area (Å²) in [6, 6.07) is 0. The Hall–Kier alpha value is -0.210. The maximum Gasteiger partial charge on any atom is 0.389 e. The first kappa shape index (κ1) is 18.2. The zero-order chi connectivity index (χ0) is 13.0.